The number of hydrogen-bond donors (Lipinski definition) is 4. The van der Waals surface area contributed by atoms with Gasteiger partial charge in [0.05, 0.1) is 16.7 Å². The molecule has 3 aromatic rings. The Hall–Kier alpha value is -3.36. The zero-order valence-corrected chi connectivity index (χ0v) is 20.9. The Morgan fingerprint density at radius 1 is 0.895 bits per heavy atom. The van der Waals surface area contributed by atoms with Crippen LogP contribution in [0.3, 0.4) is 0 Å². The lowest BCUT2D eigenvalue weighted by Crippen LogP contribution is -2.33. The predicted molar refractivity (Wildman–Crippen MR) is 120 cm³/mol. The molecule has 4 N–H and O–H groups in total. The van der Waals surface area contributed by atoms with E-state index in [0.29, 0.717) is 0 Å². The molecule has 5 rings (SSSR count). The zero-order chi connectivity index (χ0) is 28.0. The fraction of sp³-hybridized carbons (Fsp3) is 0.0500. The molecular weight excluding hydrogens is 580 g/mol. The van der Waals surface area contributed by atoms with Gasteiger partial charge in [0.1, 0.15) is 11.5 Å². The molecule has 2 atom stereocenters. The van der Waals surface area contributed by atoms with Crippen molar-refractivity contribution in [3.8, 4) is 23.0 Å². The third kappa shape index (κ3) is 4.90. The van der Waals surface area contributed by atoms with E-state index in [1.807, 2.05) is 0 Å². The SMILES string of the molecule is O=C1OC2(c3cc(F)c(O)cc3Oc3cc(OP(=O)(O)OP(=O)(O)O)c(F)cc32)c2ccccc21.O=[SH-]=O. The minimum atomic E-state index is -5.51. The van der Waals surface area contributed by atoms with E-state index in [2.05, 4.69) is 8.83 Å². The monoisotopic (exact) mass is 593 g/mol. The van der Waals surface area contributed by atoms with Gasteiger partial charge in [-0.15, -0.1) is 0 Å². The molecule has 0 aromatic heterocycles. The molecule has 0 aliphatic carbocycles. The average molecular weight is 593 g/mol. The van der Waals surface area contributed by atoms with Gasteiger partial charge < -0.3 is 37.3 Å². The molecule has 0 saturated heterocycles. The fourth-order valence-electron chi connectivity index (χ4n) is 4.02. The molecule has 3 aromatic carbocycles. The maximum Gasteiger partial charge on any atom is 0.536 e. The van der Waals surface area contributed by atoms with Gasteiger partial charge in [-0.1, -0.05) is 29.8 Å². The Morgan fingerprint density at radius 2 is 1.47 bits per heavy atom. The van der Waals surface area contributed by atoms with Gasteiger partial charge in [0.2, 0.25) is 0 Å². The first-order chi connectivity index (χ1) is 17.7. The summed E-state index contributed by atoms with van der Waals surface area (Å²) in [6.45, 7) is 0. The summed E-state index contributed by atoms with van der Waals surface area (Å²) in [6, 6.07) is 9.26. The van der Waals surface area contributed by atoms with Crippen LogP contribution >= 0.6 is 15.6 Å². The quantitative estimate of drug-likeness (QED) is 0.149. The molecule has 0 bridgehead atoms. The first-order valence-electron chi connectivity index (χ1n) is 9.84. The molecular formula is C20H13F2O13P2S-. The van der Waals surface area contributed by atoms with E-state index in [1.54, 1.807) is 12.1 Å². The first kappa shape index (κ1) is 27.7. The molecule has 202 valence electrons. The smallest absolute Gasteiger partial charge is 0.505 e. The van der Waals surface area contributed by atoms with Crippen LogP contribution in [0.5, 0.6) is 23.0 Å². The van der Waals surface area contributed by atoms with E-state index >= 15 is 4.39 Å². The highest BCUT2D eigenvalue weighted by Crippen LogP contribution is 2.60. The topological polar surface area (TPSA) is 203 Å². The van der Waals surface area contributed by atoms with Gasteiger partial charge in [-0.2, -0.15) is 4.31 Å². The lowest BCUT2D eigenvalue weighted by Gasteiger charge is -2.36. The third-order valence-electron chi connectivity index (χ3n) is 5.26. The van der Waals surface area contributed by atoms with Gasteiger partial charge in [0.15, 0.2) is 28.7 Å². The molecule has 0 radical (unpaired) electrons. The number of carbonyl (C=O) groups is 1. The number of aromatic hydroxyl groups is 1. The molecule has 2 aliphatic heterocycles. The molecule has 2 unspecified atom stereocenters. The summed E-state index contributed by atoms with van der Waals surface area (Å²) in [6.07, 6.45) is 0. The van der Waals surface area contributed by atoms with E-state index in [0.717, 1.165) is 24.3 Å². The maximum absolute atomic E-state index is 15.1. The summed E-state index contributed by atoms with van der Waals surface area (Å²) in [4.78, 5) is 39.8. The molecule has 0 fully saturated rings. The van der Waals surface area contributed by atoms with Crippen LogP contribution in [-0.2, 0) is 43.8 Å². The largest absolute Gasteiger partial charge is 0.536 e. The molecule has 13 nitrogen and oxygen atoms in total. The molecule has 38 heavy (non-hydrogen) atoms. The molecule has 2 heterocycles. The number of thiol groups is 1. The number of phenolic OH excluding ortho intramolecular Hbond substituents is 1. The van der Waals surface area contributed by atoms with Crippen molar-refractivity contribution in [1.82, 2.24) is 0 Å². The zero-order valence-electron chi connectivity index (χ0n) is 18.2. The second-order valence-corrected chi connectivity index (χ2v) is 10.4. The van der Waals surface area contributed by atoms with Crippen molar-refractivity contribution < 1.29 is 69.2 Å². The fourth-order valence-corrected chi connectivity index (χ4v) is 5.62. The number of benzene rings is 3. The Balaban J connectivity index is 0.00000107. The van der Waals surface area contributed by atoms with Crippen molar-refractivity contribution in [2.75, 3.05) is 0 Å². The van der Waals surface area contributed by atoms with Crippen molar-refractivity contribution in [3.63, 3.8) is 0 Å². The van der Waals surface area contributed by atoms with E-state index < -0.39 is 61.9 Å². The molecule has 0 saturated carbocycles. The summed E-state index contributed by atoms with van der Waals surface area (Å²) in [7, 11) is -11.0. The summed E-state index contributed by atoms with van der Waals surface area (Å²) in [5.74, 6) is -5.55. The Labute approximate surface area is 213 Å². The number of esters is 1. The summed E-state index contributed by atoms with van der Waals surface area (Å²) < 4.78 is 88.4. The van der Waals surface area contributed by atoms with Crippen molar-refractivity contribution in [3.05, 3.63) is 82.4 Å². The van der Waals surface area contributed by atoms with Crippen LogP contribution < -0.4 is 9.26 Å². The minimum Gasteiger partial charge on any atom is -0.505 e. The third-order valence-corrected chi connectivity index (χ3v) is 7.36. The van der Waals surface area contributed by atoms with Crippen molar-refractivity contribution in [1.29, 1.82) is 0 Å². The van der Waals surface area contributed by atoms with Crippen LogP contribution in [0.4, 0.5) is 8.78 Å². The number of phenols is 1. The summed E-state index contributed by atoms with van der Waals surface area (Å²) >= 11 is -1.08. The number of rotatable bonds is 4. The maximum atomic E-state index is 15.1. The Morgan fingerprint density at radius 3 is 2.11 bits per heavy atom. The molecule has 0 amide bonds. The normalized spacial score (nSPS) is 18.6. The molecule has 1 spiro atoms. The number of phosphoric ester groups is 1. The van der Waals surface area contributed by atoms with Crippen LogP contribution in [0.1, 0.15) is 27.0 Å². The number of carbonyl (C=O) groups excluding carboxylic acids is 1. The number of ether oxygens (including phenoxy) is 2. The van der Waals surface area contributed by atoms with Gasteiger partial charge in [0.25, 0.3) is 0 Å². The standard InChI is InChI=1S/C20H12F2O11P2.HO2S/c21-13-5-11-16(7-15(13)23)30-17-8-18(32-35(28,29)33-34(25,26)27)14(22)6-12(17)20(11)10-4-2-1-3-9(10)19(24)31-20;1-3-2/h1-8,23H,(H,28,29)(H2,25,26,27);3H/q;-1. The number of hydrogen-bond acceptors (Lipinski definition) is 11. The predicted octanol–water partition coefficient (Wildman–Crippen LogP) is 3.32. The first-order valence-corrected chi connectivity index (χ1v) is 13.6. The van der Waals surface area contributed by atoms with Crippen molar-refractivity contribution >= 4 is 33.2 Å². The van der Waals surface area contributed by atoms with Gasteiger partial charge in [0, 0.05) is 17.7 Å². The highest BCUT2D eigenvalue weighted by Gasteiger charge is 2.54. The van der Waals surface area contributed by atoms with Crippen LogP contribution in [0.25, 0.3) is 0 Å². The summed E-state index contributed by atoms with van der Waals surface area (Å²) in [5.41, 5.74) is -1.89. The number of fused-ring (bicyclic) bond motifs is 6. The molecule has 18 heteroatoms. The second kappa shape index (κ2) is 9.75. The minimum absolute atomic E-state index is 0.0793. The van der Waals surface area contributed by atoms with Gasteiger partial charge in [-0.05, 0) is 18.2 Å². The molecule has 2 aliphatic rings. The van der Waals surface area contributed by atoms with Crippen LogP contribution in [-0.4, -0.2) is 25.8 Å². The Kier molecular flexibility index (Phi) is 7.10. The van der Waals surface area contributed by atoms with E-state index in [9.17, 15) is 28.3 Å². The highest BCUT2D eigenvalue weighted by molar-refractivity contribution is 7.60. The Bertz CT molecular complexity index is 1620. The van der Waals surface area contributed by atoms with E-state index in [1.165, 1.54) is 12.1 Å². The van der Waals surface area contributed by atoms with Crippen LogP contribution in [0.2, 0.25) is 0 Å². The lowest BCUT2D eigenvalue weighted by molar-refractivity contribution is 0.0221. The van der Waals surface area contributed by atoms with Crippen molar-refractivity contribution in [2.45, 2.75) is 5.60 Å². The number of halogens is 2. The van der Waals surface area contributed by atoms with Crippen molar-refractivity contribution in [2.24, 2.45) is 0 Å². The number of phosphoric acid groups is 2. The second-order valence-electron chi connectivity index (χ2n) is 7.50. The lowest BCUT2D eigenvalue weighted by atomic mass is 9.77. The average Bonchev–Trinajstić information content (AvgIpc) is 3.09. The van der Waals surface area contributed by atoms with Gasteiger partial charge in [-0.3, -0.25) is 4.89 Å². The van der Waals surface area contributed by atoms with E-state index in [-0.39, 0.29) is 33.8 Å². The van der Waals surface area contributed by atoms with Gasteiger partial charge >= 0.3 is 21.6 Å². The van der Waals surface area contributed by atoms with Gasteiger partial charge in [-0.25, -0.2) is 22.7 Å². The van der Waals surface area contributed by atoms with Crippen LogP contribution in [0.15, 0.2) is 48.5 Å². The van der Waals surface area contributed by atoms with E-state index in [4.69, 9.17) is 27.7 Å². The van der Waals surface area contributed by atoms with Crippen LogP contribution in [0, 0.1) is 11.6 Å². The summed E-state index contributed by atoms with van der Waals surface area (Å²) in [5, 5.41) is 9.85. The highest BCUT2D eigenvalue weighted by atomic mass is 32.1.